The van der Waals surface area contributed by atoms with E-state index in [0.29, 0.717) is 27.0 Å². The van der Waals surface area contributed by atoms with Crippen LogP contribution < -0.4 is 0 Å². The molecule has 0 spiro atoms. The van der Waals surface area contributed by atoms with Crippen LogP contribution in [0.4, 0.5) is 0 Å². The summed E-state index contributed by atoms with van der Waals surface area (Å²) in [7, 11) is 0. The van der Waals surface area contributed by atoms with Gasteiger partial charge in [0.2, 0.25) is 0 Å². The van der Waals surface area contributed by atoms with Gasteiger partial charge in [-0.15, -0.1) is 5.10 Å². The molecule has 1 heterocycles. The van der Waals surface area contributed by atoms with E-state index in [0.717, 1.165) is 5.56 Å². The van der Waals surface area contributed by atoms with Gasteiger partial charge >= 0.3 is 5.97 Å². The summed E-state index contributed by atoms with van der Waals surface area (Å²) in [5.74, 6) is -1.16. The van der Waals surface area contributed by atoms with Gasteiger partial charge in [-0.2, -0.15) is 0 Å². The van der Waals surface area contributed by atoms with Gasteiger partial charge in [-0.25, -0.2) is 9.48 Å². The highest BCUT2D eigenvalue weighted by Gasteiger charge is 2.22. The summed E-state index contributed by atoms with van der Waals surface area (Å²) in [6, 6.07) is 12.3. The molecule has 0 aliphatic heterocycles. The van der Waals surface area contributed by atoms with Crippen molar-refractivity contribution in [3.05, 3.63) is 63.8 Å². The van der Waals surface area contributed by atoms with E-state index in [2.05, 4.69) is 10.3 Å². The standard InChI is InChI=1S/C16H11Cl2N3O2/c1-9-2-4-10(5-3-9)15-14(16(22)23)19-20-21(15)13-8-11(17)6-7-12(13)18/h2-8H,1H3,(H,22,23). The molecule has 0 aliphatic rings. The molecule has 5 nitrogen and oxygen atoms in total. The second kappa shape index (κ2) is 6.02. The second-order valence-electron chi connectivity index (χ2n) is 4.97. The van der Waals surface area contributed by atoms with Gasteiger partial charge in [0.15, 0.2) is 5.69 Å². The number of aromatic nitrogens is 3. The van der Waals surface area contributed by atoms with Crippen molar-refractivity contribution in [3.63, 3.8) is 0 Å². The summed E-state index contributed by atoms with van der Waals surface area (Å²) in [6.45, 7) is 1.95. The molecular formula is C16H11Cl2N3O2. The molecule has 7 heteroatoms. The Hall–Kier alpha value is -2.37. The Morgan fingerprint density at radius 2 is 1.83 bits per heavy atom. The van der Waals surface area contributed by atoms with Crippen molar-refractivity contribution >= 4 is 29.2 Å². The number of benzene rings is 2. The fraction of sp³-hybridized carbons (Fsp3) is 0.0625. The van der Waals surface area contributed by atoms with Crippen LogP contribution in [0, 0.1) is 6.92 Å². The lowest BCUT2D eigenvalue weighted by Gasteiger charge is -2.09. The molecule has 1 aromatic heterocycles. The number of hydrogen-bond acceptors (Lipinski definition) is 3. The molecule has 0 saturated carbocycles. The highest BCUT2D eigenvalue weighted by atomic mass is 35.5. The molecule has 1 N–H and O–H groups in total. The first-order valence-electron chi connectivity index (χ1n) is 6.69. The van der Waals surface area contributed by atoms with Crippen LogP contribution in [-0.4, -0.2) is 26.1 Å². The highest BCUT2D eigenvalue weighted by molar-refractivity contribution is 6.34. The highest BCUT2D eigenvalue weighted by Crippen LogP contribution is 2.30. The molecule has 3 rings (SSSR count). The van der Waals surface area contributed by atoms with Gasteiger partial charge in [-0.3, -0.25) is 0 Å². The topological polar surface area (TPSA) is 68.0 Å². The molecule has 0 unspecified atom stereocenters. The molecule has 0 radical (unpaired) electrons. The lowest BCUT2D eigenvalue weighted by atomic mass is 10.1. The predicted molar refractivity (Wildman–Crippen MR) is 88.5 cm³/mol. The van der Waals surface area contributed by atoms with E-state index in [4.69, 9.17) is 23.2 Å². The van der Waals surface area contributed by atoms with Gasteiger partial charge in [0.1, 0.15) is 5.69 Å². The molecule has 0 amide bonds. The Kier molecular flexibility index (Phi) is 4.07. The number of carboxylic acid groups (broad SMARTS) is 1. The number of rotatable bonds is 3. The normalized spacial score (nSPS) is 10.7. The van der Waals surface area contributed by atoms with Crippen molar-refractivity contribution in [3.8, 4) is 16.9 Å². The molecule has 0 aliphatic carbocycles. The zero-order valence-electron chi connectivity index (χ0n) is 12.0. The average molecular weight is 348 g/mol. The van der Waals surface area contributed by atoms with Crippen LogP contribution in [0.5, 0.6) is 0 Å². The number of carbonyl (C=O) groups is 1. The molecular weight excluding hydrogens is 337 g/mol. The number of carboxylic acids is 1. The Morgan fingerprint density at radius 3 is 2.48 bits per heavy atom. The number of aromatic carboxylic acids is 1. The van der Waals surface area contributed by atoms with Crippen molar-refractivity contribution in [2.75, 3.05) is 0 Å². The SMILES string of the molecule is Cc1ccc(-c2c(C(=O)O)nnn2-c2cc(Cl)ccc2Cl)cc1. The van der Waals surface area contributed by atoms with Gasteiger partial charge in [0, 0.05) is 10.6 Å². The monoisotopic (exact) mass is 347 g/mol. The van der Waals surface area contributed by atoms with Gasteiger partial charge in [0.05, 0.1) is 10.7 Å². The number of nitrogens with zero attached hydrogens (tertiary/aromatic N) is 3. The Labute approximate surface area is 142 Å². The summed E-state index contributed by atoms with van der Waals surface area (Å²) in [6.07, 6.45) is 0. The molecule has 0 atom stereocenters. The molecule has 0 saturated heterocycles. The van der Waals surface area contributed by atoms with Crippen LogP contribution in [0.3, 0.4) is 0 Å². The lowest BCUT2D eigenvalue weighted by Crippen LogP contribution is -2.03. The third-order valence-corrected chi connectivity index (χ3v) is 3.89. The Balaban J connectivity index is 2.28. The number of aryl methyl sites for hydroxylation is 1. The summed E-state index contributed by atoms with van der Waals surface area (Å²) in [5.41, 5.74) is 2.40. The quantitative estimate of drug-likeness (QED) is 0.768. The average Bonchev–Trinajstić information content (AvgIpc) is 2.95. The maximum Gasteiger partial charge on any atom is 0.358 e. The molecule has 2 aromatic carbocycles. The van der Waals surface area contributed by atoms with Gasteiger partial charge in [-0.1, -0.05) is 58.2 Å². The van der Waals surface area contributed by atoms with Crippen LogP contribution in [0.15, 0.2) is 42.5 Å². The fourth-order valence-electron chi connectivity index (χ4n) is 2.21. The van der Waals surface area contributed by atoms with E-state index < -0.39 is 5.97 Å². The third-order valence-electron chi connectivity index (χ3n) is 3.33. The first kappa shape index (κ1) is 15.5. The fourth-order valence-corrected chi connectivity index (χ4v) is 2.58. The van der Waals surface area contributed by atoms with E-state index in [1.54, 1.807) is 18.2 Å². The largest absolute Gasteiger partial charge is 0.476 e. The van der Waals surface area contributed by atoms with Crippen LogP contribution in [0.2, 0.25) is 10.0 Å². The minimum absolute atomic E-state index is 0.148. The minimum atomic E-state index is -1.16. The number of hydrogen-bond donors (Lipinski definition) is 1. The third kappa shape index (κ3) is 2.93. The first-order chi connectivity index (χ1) is 11.0. The molecule has 0 fully saturated rings. The van der Waals surface area contributed by atoms with Crippen molar-refractivity contribution in [1.82, 2.24) is 15.0 Å². The molecule has 116 valence electrons. The van der Waals surface area contributed by atoms with Crippen molar-refractivity contribution in [2.45, 2.75) is 6.92 Å². The maximum absolute atomic E-state index is 11.5. The van der Waals surface area contributed by atoms with Crippen LogP contribution in [0.25, 0.3) is 16.9 Å². The molecule has 0 bridgehead atoms. The summed E-state index contributed by atoms with van der Waals surface area (Å²) >= 11 is 12.2. The van der Waals surface area contributed by atoms with Crippen LogP contribution in [-0.2, 0) is 0 Å². The maximum atomic E-state index is 11.5. The zero-order chi connectivity index (χ0) is 16.6. The summed E-state index contributed by atoms with van der Waals surface area (Å²) in [4.78, 5) is 11.5. The van der Waals surface area contributed by atoms with Crippen molar-refractivity contribution in [1.29, 1.82) is 0 Å². The second-order valence-corrected chi connectivity index (χ2v) is 5.81. The Morgan fingerprint density at radius 1 is 1.13 bits per heavy atom. The van der Waals surface area contributed by atoms with E-state index in [1.165, 1.54) is 4.68 Å². The summed E-state index contributed by atoms with van der Waals surface area (Å²) in [5, 5.41) is 18.0. The smallest absolute Gasteiger partial charge is 0.358 e. The van der Waals surface area contributed by atoms with E-state index in [1.807, 2.05) is 31.2 Å². The van der Waals surface area contributed by atoms with Crippen molar-refractivity contribution in [2.24, 2.45) is 0 Å². The minimum Gasteiger partial charge on any atom is -0.476 e. The van der Waals surface area contributed by atoms with Gasteiger partial charge in [0.25, 0.3) is 0 Å². The van der Waals surface area contributed by atoms with Crippen LogP contribution in [0.1, 0.15) is 16.1 Å². The van der Waals surface area contributed by atoms with Gasteiger partial charge in [-0.05, 0) is 25.1 Å². The van der Waals surface area contributed by atoms with Crippen LogP contribution >= 0.6 is 23.2 Å². The molecule has 3 aromatic rings. The van der Waals surface area contributed by atoms with E-state index in [-0.39, 0.29) is 5.69 Å². The van der Waals surface area contributed by atoms with Gasteiger partial charge < -0.3 is 5.11 Å². The summed E-state index contributed by atoms with van der Waals surface area (Å²) < 4.78 is 1.39. The lowest BCUT2D eigenvalue weighted by molar-refractivity contribution is 0.0691. The Bertz CT molecular complexity index is 889. The first-order valence-corrected chi connectivity index (χ1v) is 7.44. The van der Waals surface area contributed by atoms with Crippen molar-refractivity contribution < 1.29 is 9.90 Å². The number of halogens is 2. The predicted octanol–water partition coefficient (Wildman–Crippen LogP) is 4.25. The molecule has 23 heavy (non-hydrogen) atoms. The van der Waals surface area contributed by atoms with E-state index in [9.17, 15) is 9.90 Å². The van der Waals surface area contributed by atoms with E-state index >= 15 is 0 Å². The zero-order valence-corrected chi connectivity index (χ0v) is 13.5.